The zero-order valence-corrected chi connectivity index (χ0v) is 24.1. The summed E-state index contributed by atoms with van der Waals surface area (Å²) in [6.45, 7) is 21.3. The Bertz CT molecular complexity index is 761. The van der Waals surface area contributed by atoms with E-state index in [9.17, 15) is 4.79 Å². The number of benzene rings is 1. The van der Waals surface area contributed by atoms with Crippen molar-refractivity contribution in [1.29, 1.82) is 0 Å². The molecule has 0 saturated carbocycles. The van der Waals surface area contributed by atoms with Crippen LogP contribution >= 0.6 is 0 Å². The molecule has 1 heterocycles. The van der Waals surface area contributed by atoms with Gasteiger partial charge in [0.05, 0.1) is 6.04 Å². The standard InChI is InChI=1S/C29H49NO3Si/c1-22(2)34(23(3)4,24(5)6)32-21-26(20-25-14-11-10-12-15-25)17-18-27-16-13-19-30(27)28(31)33-29(7,8)9/h10-12,14-15,17-18,22-24,26-27H,13,16,19-21H2,1-9H3/b18-17-/t26?,27-/m0/s1. The minimum Gasteiger partial charge on any atom is -0.444 e. The molecule has 1 aromatic rings. The number of nitrogens with zero attached hydrogens (tertiary/aromatic N) is 1. The Morgan fingerprint density at radius 2 is 1.65 bits per heavy atom. The van der Waals surface area contributed by atoms with E-state index in [1.165, 1.54) is 5.56 Å². The zero-order valence-electron chi connectivity index (χ0n) is 23.1. The molecule has 2 rings (SSSR count). The highest BCUT2D eigenvalue weighted by molar-refractivity contribution is 6.77. The molecule has 2 atom stereocenters. The Balaban J connectivity index is 2.22. The molecule has 192 valence electrons. The molecule has 0 spiro atoms. The molecule has 0 radical (unpaired) electrons. The molecule has 1 unspecified atom stereocenters. The van der Waals surface area contributed by atoms with Crippen molar-refractivity contribution in [3.8, 4) is 0 Å². The summed E-state index contributed by atoms with van der Waals surface area (Å²) in [5.74, 6) is 0.270. The van der Waals surface area contributed by atoms with Gasteiger partial charge in [-0.2, -0.15) is 0 Å². The van der Waals surface area contributed by atoms with Crippen LogP contribution in [-0.4, -0.2) is 44.1 Å². The van der Waals surface area contributed by atoms with Gasteiger partial charge in [-0.25, -0.2) is 4.79 Å². The lowest BCUT2D eigenvalue weighted by molar-refractivity contribution is 0.0255. The predicted molar refractivity (Wildman–Crippen MR) is 146 cm³/mol. The molecule has 0 bridgehead atoms. The SMILES string of the molecule is CC(C)[Si](OCC(/C=C\[C@@H]1CCCN1C(=O)OC(C)(C)C)Cc1ccccc1)(C(C)C)C(C)C. The second kappa shape index (κ2) is 12.4. The normalized spacial score (nSPS) is 18.5. The molecule has 1 amide bonds. The summed E-state index contributed by atoms with van der Waals surface area (Å²) in [6, 6.07) is 10.8. The number of likely N-dealkylation sites (tertiary alicyclic amines) is 1. The van der Waals surface area contributed by atoms with Crippen LogP contribution in [0.25, 0.3) is 0 Å². The lowest BCUT2D eigenvalue weighted by atomic mass is 9.98. The van der Waals surface area contributed by atoms with Crippen LogP contribution in [0, 0.1) is 5.92 Å². The van der Waals surface area contributed by atoms with Crippen LogP contribution in [0.3, 0.4) is 0 Å². The molecular formula is C29H49NO3Si. The minimum absolute atomic E-state index is 0.0930. The summed E-state index contributed by atoms with van der Waals surface area (Å²) in [6.07, 6.45) is 7.27. The number of hydrogen-bond acceptors (Lipinski definition) is 3. The van der Waals surface area contributed by atoms with Crippen LogP contribution in [0.2, 0.25) is 16.6 Å². The fraction of sp³-hybridized carbons (Fsp3) is 0.690. The second-order valence-corrected chi connectivity index (χ2v) is 17.3. The van der Waals surface area contributed by atoms with Gasteiger partial charge in [-0.05, 0) is 62.2 Å². The Kier molecular flexibility index (Phi) is 10.4. The van der Waals surface area contributed by atoms with Gasteiger partial charge in [-0.3, -0.25) is 0 Å². The fourth-order valence-corrected chi connectivity index (χ4v) is 11.2. The number of carbonyl (C=O) groups is 1. The number of ether oxygens (including phenoxy) is 1. The molecule has 34 heavy (non-hydrogen) atoms. The summed E-state index contributed by atoms with van der Waals surface area (Å²) in [4.78, 5) is 14.6. The highest BCUT2D eigenvalue weighted by Crippen LogP contribution is 2.42. The van der Waals surface area contributed by atoms with Crippen molar-refractivity contribution in [3.63, 3.8) is 0 Å². The first-order valence-electron chi connectivity index (χ1n) is 13.2. The van der Waals surface area contributed by atoms with Gasteiger partial charge in [0.2, 0.25) is 0 Å². The number of rotatable bonds is 10. The Hall–Kier alpha value is -1.59. The zero-order chi connectivity index (χ0) is 25.5. The molecule has 0 aliphatic carbocycles. The minimum atomic E-state index is -1.94. The molecule has 1 aromatic carbocycles. The molecule has 5 heteroatoms. The largest absolute Gasteiger partial charge is 0.444 e. The smallest absolute Gasteiger partial charge is 0.410 e. The summed E-state index contributed by atoms with van der Waals surface area (Å²) >= 11 is 0. The van der Waals surface area contributed by atoms with Gasteiger partial charge >= 0.3 is 6.09 Å². The van der Waals surface area contributed by atoms with Gasteiger partial charge in [0.15, 0.2) is 8.32 Å². The molecule has 1 fully saturated rings. The third-order valence-electron chi connectivity index (χ3n) is 7.13. The van der Waals surface area contributed by atoms with Gasteiger partial charge in [0.25, 0.3) is 0 Å². The summed E-state index contributed by atoms with van der Waals surface area (Å²) in [5.41, 5.74) is 2.53. The first-order valence-corrected chi connectivity index (χ1v) is 15.4. The van der Waals surface area contributed by atoms with E-state index in [1.807, 2.05) is 25.7 Å². The lowest BCUT2D eigenvalue weighted by Crippen LogP contribution is -2.48. The molecule has 1 saturated heterocycles. The maximum Gasteiger partial charge on any atom is 0.410 e. The van der Waals surface area contributed by atoms with E-state index < -0.39 is 13.9 Å². The van der Waals surface area contributed by atoms with Crippen molar-refractivity contribution >= 4 is 14.4 Å². The van der Waals surface area contributed by atoms with Crippen molar-refractivity contribution in [2.45, 2.75) is 110 Å². The van der Waals surface area contributed by atoms with Crippen LogP contribution < -0.4 is 0 Å². The van der Waals surface area contributed by atoms with Crippen LogP contribution in [0.15, 0.2) is 42.5 Å². The van der Waals surface area contributed by atoms with E-state index in [0.717, 1.165) is 32.4 Å². The monoisotopic (exact) mass is 487 g/mol. The van der Waals surface area contributed by atoms with E-state index >= 15 is 0 Å². The van der Waals surface area contributed by atoms with Crippen molar-refractivity contribution in [2.75, 3.05) is 13.2 Å². The lowest BCUT2D eigenvalue weighted by Gasteiger charge is -2.43. The molecular weight excluding hydrogens is 438 g/mol. The Morgan fingerprint density at radius 3 is 2.18 bits per heavy atom. The summed E-state index contributed by atoms with van der Waals surface area (Å²) in [5, 5.41) is 0. The van der Waals surface area contributed by atoms with E-state index in [-0.39, 0.29) is 18.1 Å². The number of amides is 1. The molecule has 0 aromatic heterocycles. The molecule has 4 nitrogen and oxygen atoms in total. The topological polar surface area (TPSA) is 38.8 Å². The van der Waals surface area contributed by atoms with Gasteiger partial charge in [-0.1, -0.05) is 84.0 Å². The highest BCUT2D eigenvalue weighted by atomic mass is 28.4. The fourth-order valence-electron chi connectivity index (χ4n) is 5.68. The first kappa shape index (κ1) is 28.6. The average Bonchev–Trinajstić information content (AvgIpc) is 3.20. The van der Waals surface area contributed by atoms with Crippen LogP contribution in [0.1, 0.15) is 80.7 Å². The van der Waals surface area contributed by atoms with Crippen molar-refractivity contribution in [2.24, 2.45) is 5.92 Å². The van der Waals surface area contributed by atoms with Gasteiger partial charge < -0.3 is 14.1 Å². The Labute approximate surface area is 210 Å². The van der Waals surface area contributed by atoms with Crippen molar-refractivity contribution < 1.29 is 14.0 Å². The maximum absolute atomic E-state index is 12.7. The third kappa shape index (κ3) is 7.71. The van der Waals surface area contributed by atoms with Crippen LogP contribution in [-0.2, 0) is 15.6 Å². The van der Waals surface area contributed by atoms with E-state index in [4.69, 9.17) is 9.16 Å². The number of hydrogen-bond donors (Lipinski definition) is 0. The second-order valence-electron chi connectivity index (χ2n) is 11.8. The summed E-state index contributed by atoms with van der Waals surface area (Å²) < 4.78 is 12.6. The van der Waals surface area contributed by atoms with Gasteiger partial charge in [0, 0.05) is 19.1 Å². The van der Waals surface area contributed by atoms with Gasteiger partial charge in [0.1, 0.15) is 5.60 Å². The van der Waals surface area contributed by atoms with E-state index in [2.05, 4.69) is 84.0 Å². The molecule has 1 aliphatic rings. The third-order valence-corrected chi connectivity index (χ3v) is 13.2. The molecule has 0 N–H and O–H groups in total. The Morgan fingerprint density at radius 1 is 1.06 bits per heavy atom. The van der Waals surface area contributed by atoms with Crippen LogP contribution in [0.4, 0.5) is 4.79 Å². The van der Waals surface area contributed by atoms with E-state index in [0.29, 0.717) is 16.6 Å². The number of carbonyl (C=O) groups excluding carboxylic acids is 1. The van der Waals surface area contributed by atoms with Crippen molar-refractivity contribution in [1.82, 2.24) is 4.90 Å². The average molecular weight is 488 g/mol. The maximum atomic E-state index is 12.7. The van der Waals surface area contributed by atoms with E-state index in [1.54, 1.807) is 0 Å². The van der Waals surface area contributed by atoms with Crippen LogP contribution in [0.5, 0.6) is 0 Å². The quantitative estimate of drug-likeness (QED) is 0.248. The molecule has 1 aliphatic heterocycles. The summed E-state index contributed by atoms with van der Waals surface area (Å²) in [7, 11) is -1.94. The van der Waals surface area contributed by atoms with Gasteiger partial charge in [-0.15, -0.1) is 0 Å². The first-order chi connectivity index (χ1) is 15.9. The highest BCUT2D eigenvalue weighted by Gasteiger charge is 2.45. The predicted octanol–water partition coefficient (Wildman–Crippen LogP) is 7.99. The van der Waals surface area contributed by atoms with Crippen molar-refractivity contribution in [3.05, 3.63) is 48.0 Å².